The van der Waals surface area contributed by atoms with Crippen LogP contribution in [0.4, 0.5) is 5.69 Å². The number of fused-ring (bicyclic) bond motifs is 1. The number of nitrogens with one attached hydrogen (secondary N) is 1. The fraction of sp³-hybridized carbons (Fsp3) is 0.214. The van der Waals surface area contributed by atoms with Gasteiger partial charge in [0, 0.05) is 11.7 Å². The summed E-state index contributed by atoms with van der Waals surface area (Å²) in [7, 11) is 0. The Morgan fingerprint density at radius 1 is 1.33 bits per heavy atom. The molecule has 2 aromatic rings. The summed E-state index contributed by atoms with van der Waals surface area (Å²) in [5.74, 6) is -0.264. The molecule has 0 heterocycles. The number of aliphatic hydroxyl groups excluding tert-OH is 1. The van der Waals surface area contributed by atoms with Crippen molar-refractivity contribution < 1.29 is 9.90 Å². The Kier molecular flexibility index (Phi) is 3.48. The van der Waals surface area contributed by atoms with Gasteiger partial charge in [-0.1, -0.05) is 24.3 Å². The van der Waals surface area contributed by atoms with Gasteiger partial charge in [0.15, 0.2) is 0 Å². The molecule has 94 valence electrons. The summed E-state index contributed by atoms with van der Waals surface area (Å²) < 4.78 is 0. The number of amides is 1. The quantitative estimate of drug-likeness (QED) is 0.717. The summed E-state index contributed by atoms with van der Waals surface area (Å²) >= 11 is 0. The molecule has 1 atom stereocenters. The third-order valence-corrected chi connectivity index (χ3v) is 2.81. The van der Waals surface area contributed by atoms with E-state index in [0.29, 0.717) is 11.3 Å². The maximum atomic E-state index is 12.0. The number of nitrogen functional groups attached to an aromatic ring is 1. The van der Waals surface area contributed by atoms with Gasteiger partial charge >= 0.3 is 0 Å². The van der Waals surface area contributed by atoms with Crippen molar-refractivity contribution in [1.82, 2.24) is 5.32 Å². The zero-order valence-corrected chi connectivity index (χ0v) is 10.2. The topological polar surface area (TPSA) is 75.3 Å². The number of hydrogen-bond donors (Lipinski definition) is 3. The van der Waals surface area contributed by atoms with Crippen LogP contribution in [0.2, 0.25) is 0 Å². The summed E-state index contributed by atoms with van der Waals surface area (Å²) in [6.07, 6.45) is 0. The van der Waals surface area contributed by atoms with Crippen LogP contribution in [0.15, 0.2) is 36.4 Å². The van der Waals surface area contributed by atoms with Crippen molar-refractivity contribution in [1.29, 1.82) is 0 Å². The monoisotopic (exact) mass is 244 g/mol. The van der Waals surface area contributed by atoms with E-state index in [1.54, 1.807) is 19.1 Å². The molecule has 0 spiro atoms. The number of hydrogen-bond acceptors (Lipinski definition) is 3. The molecule has 18 heavy (non-hydrogen) atoms. The van der Waals surface area contributed by atoms with E-state index in [1.165, 1.54) is 0 Å². The highest BCUT2D eigenvalue weighted by Gasteiger charge is 2.12. The van der Waals surface area contributed by atoms with Crippen molar-refractivity contribution in [3.63, 3.8) is 0 Å². The average molecular weight is 244 g/mol. The van der Waals surface area contributed by atoms with Gasteiger partial charge in [-0.05, 0) is 29.8 Å². The molecule has 1 amide bonds. The first-order chi connectivity index (χ1) is 8.61. The highest BCUT2D eigenvalue weighted by molar-refractivity contribution is 6.04. The van der Waals surface area contributed by atoms with Crippen LogP contribution in [0, 0.1) is 0 Å². The summed E-state index contributed by atoms with van der Waals surface area (Å²) in [6, 6.07) is 11.0. The molecule has 0 saturated carbocycles. The van der Waals surface area contributed by atoms with E-state index in [2.05, 4.69) is 5.32 Å². The minimum Gasteiger partial charge on any atom is -0.398 e. The average Bonchev–Trinajstić information content (AvgIpc) is 2.37. The number of aliphatic hydroxyl groups is 1. The standard InChI is InChI=1S/C14H16N2O2/c1-9(8-17)16-14(18)12-6-10-4-2-3-5-11(10)7-13(12)15/h2-7,9,17H,8,15H2,1H3,(H,16,18)/t9-/m0/s1. The summed E-state index contributed by atoms with van der Waals surface area (Å²) in [5.41, 5.74) is 6.76. The molecule has 4 nitrogen and oxygen atoms in total. The molecule has 2 rings (SSSR count). The fourth-order valence-electron chi connectivity index (χ4n) is 1.80. The highest BCUT2D eigenvalue weighted by atomic mass is 16.3. The van der Waals surface area contributed by atoms with Gasteiger partial charge < -0.3 is 16.2 Å². The molecule has 0 aliphatic carbocycles. The van der Waals surface area contributed by atoms with Crippen molar-refractivity contribution in [3.05, 3.63) is 42.0 Å². The maximum absolute atomic E-state index is 12.0. The first-order valence-corrected chi connectivity index (χ1v) is 5.82. The molecule has 0 bridgehead atoms. The lowest BCUT2D eigenvalue weighted by Gasteiger charge is -2.12. The first kappa shape index (κ1) is 12.4. The van der Waals surface area contributed by atoms with Crippen LogP contribution in [0.5, 0.6) is 0 Å². The van der Waals surface area contributed by atoms with E-state index in [0.717, 1.165) is 10.8 Å². The van der Waals surface area contributed by atoms with Crippen LogP contribution >= 0.6 is 0 Å². The zero-order chi connectivity index (χ0) is 13.1. The predicted molar refractivity (Wildman–Crippen MR) is 72.4 cm³/mol. The molecular weight excluding hydrogens is 228 g/mol. The Morgan fingerprint density at radius 2 is 1.94 bits per heavy atom. The van der Waals surface area contributed by atoms with Gasteiger partial charge in [0.2, 0.25) is 0 Å². The molecule has 0 fully saturated rings. The van der Waals surface area contributed by atoms with Crippen LogP contribution in [0.1, 0.15) is 17.3 Å². The van der Waals surface area contributed by atoms with E-state index < -0.39 is 0 Å². The third-order valence-electron chi connectivity index (χ3n) is 2.81. The van der Waals surface area contributed by atoms with E-state index in [-0.39, 0.29) is 18.6 Å². The first-order valence-electron chi connectivity index (χ1n) is 5.82. The third kappa shape index (κ3) is 2.43. The SMILES string of the molecule is C[C@@H](CO)NC(=O)c1cc2ccccc2cc1N. The smallest absolute Gasteiger partial charge is 0.253 e. The Balaban J connectivity index is 2.38. The van der Waals surface area contributed by atoms with Gasteiger partial charge in [-0.3, -0.25) is 4.79 Å². The molecule has 0 aliphatic heterocycles. The normalized spacial score (nSPS) is 12.3. The van der Waals surface area contributed by atoms with E-state index >= 15 is 0 Å². The van der Waals surface area contributed by atoms with Crippen LogP contribution in [-0.4, -0.2) is 23.7 Å². The lowest BCUT2D eigenvalue weighted by atomic mass is 10.0. The molecule has 0 radical (unpaired) electrons. The highest BCUT2D eigenvalue weighted by Crippen LogP contribution is 2.21. The number of carbonyl (C=O) groups is 1. The van der Waals surface area contributed by atoms with Gasteiger partial charge in [-0.15, -0.1) is 0 Å². The number of anilines is 1. The van der Waals surface area contributed by atoms with Crippen LogP contribution < -0.4 is 11.1 Å². The van der Waals surface area contributed by atoms with Gasteiger partial charge in [0.1, 0.15) is 0 Å². The Hall–Kier alpha value is -2.07. The molecule has 0 aliphatic rings. The Labute approximate surface area is 105 Å². The van der Waals surface area contributed by atoms with E-state index in [4.69, 9.17) is 10.8 Å². The second-order valence-corrected chi connectivity index (χ2v) is 4.34. The number of nitrogens with two attached hydrogens (primary N) is 1. The van der Waals surface area contributed by atoms with Gasteiger partial charge in [-0.25, -0.2) is 0 Å². The lowest BCUT2D eigenvalue weighted by molar-refractivity contribution is 0.0923. The van der Waals surface area contributed by atoms with Crippen LogP contribution in [-0.2, 0) is 0 Å². The summed E-state index contributed by atoms with van der Waals surface area (Å²) in [5, 5.41) is 13.6. The minimum absolute atomic E-state index is 0.0980. The van der Waals surface area contributed by atoms with E-state index in [9.17, 15) is 4.79 Å². The van der Waals surface area contributed by atoms with Crippen molar-refractivity contribution in [2.75, 3.05) is 12.3 Å². The van der Waals surface area contributed by atoms with Crippen LogP contribution in [0.25, 0.3) is 10.8 Å². The largest absolute Gasteiger partial charge is 0.398 e. The minimum atomic E-state index is -0.289. The Bertz CT molecular complexity index is 581. The van der Waals surface area contributed by atoms with Crippen molar-refractivity contribution in [2.24, 2.45) is 0 Å². The summed E-state index contributed by atoms with van der Waals surface area (Å²) in [4.78, 5) is 12.0. The van der Waals surface area contributed by atoms with Crippen molar-refractivity contribution in [3.8, 4) is 0 Å². The molecule has 0 saturated heterocycles. The zero-order valence-electron chi connectivity index (χ0n) is 10.2. The molecule has 2 aromatic carbocycles. The molecule has 4 heteroatoms. The van der Waals surface area contributed by atoms with Gasteiger partial charge in [-0.2, -0.15) is 0 Å². The maximum Gasteiger partial charge on any atom is 0.253 e. The van der Waals surface area contributed by atoms with Crippen LogP contribution in [0.3, 0.4) is 0 Å². The molecule has 0 unspecified atom stereocenters. The molecular formula is C14H16N2O2. The predicted octanol–water partition coefficient (Wildman–Crippen LogP) is 1.53. The van der Waals surface area contributed by atoms with Crippen molar-refractivity contribution >= 4 is 22.4 Å². The Morgan fingerprint density at radius 3 is 2.56 bits per heavy atom. The summed E-state index contributed by atoms with van der Waals surface area (Å²) in [6.45, 7) is 1.63. The van der Waals surface area contributed by atoms with E-state index in [1.807, 2.05) is 24.3 Å². The number of carbonyl (C=O) groups excluding carboxylic acids is 1. The molecule has 4 N–H and O–H groups in total. The molecule has 0 aromatic heterocycles. The van der Waals surface area contributed by atoms with Gasteiger partial charge in [0.05, 0.1) is 12.2 Å². The van der Waals surface area contributed by atoms with Crippen molar-refractivity contribution in [2.45, 2.75) is 13.0 Å². The van der Waals surface area contributed by atoms with Gasteiger partial charge in [0.25, 0.3) is 5.91 Å². The second kappa shape index (κ2) is 5.06. The fourth-order valence-corrected chi connectivity index (χ4v) is 1.80. The number of rotatable bonds is 3. The second-order valence-electron chi connectivity index (χ2n) is 4.34. The number of benzene rings is 2. The lowest BCUT2D eigenvalue weighted by Crippen LogP contribution is -2.35.